The van der Waals surface area contributed by atoms with Gasteiger partial charge in [0.15, 0.2) is 0 Å². The van der Waals surface area contributed by atoms with Crippen LogP contribution in [0.4, 0.5) is 5.69 Å². The summed E-state index contributed by atoms with van der Waals surface area (Å²) in [6.45, 7) is 0. The van der Waals surface area contributed by atoms with Crippen molar-refractivity contribution in [1.29, 1.82) is 5.26 Å². The minimum Gasteiger partial charge on any atom is -0.366 e. The van der Waals surface area contributed by atoms with Crippen molar-refractivity contribution in [3.8, 4) is 17.3 Å². The number of amides is 1. The van der Waals surface area contributed by atoms with E-state index in [9.17, 15) is 10.1 Å². The van der Waals surface area contributed by atoms with Crippen LogP contribution in [0.25, 0.3) is 16.8 Å². The number of allylic oxidation sites excluding steroid dienone is 1. The summed E-state index contributed by atoms with van der Waals surface area (Å²) in [6, 6.07) is 18.7. The minimum atomic E-state index is -0.476. The Morgan fingerprint density at radius 1 is 1.16 bits per heavy atom. The summed E-state index contributed by atoms with van der Waals surface area (Å²) >= 11 is 1.42. The molecule has 1 amide bonds. The number of nitriles is 1. The second kappa shape index (κ2) is 7.43. The quantitative estimate of drug-likeness (QED) is 0.686. The molecule has 122 valence electrons. The highest BCUT2D eigenvalue weighted by Crippen LogP contribution is 2.25. The van der Waals surface area contributed by atoms with Crippen LogP contribution in [0.5, 0.6) is 0 Å². The Balaban J connectivity index is 1.78. The van der Waals surface area contributed by atoms with Gasteiger partial charge in [-0.25, -0.2) is 4.98 Å². The van der Waals surface area contributed by atoms with Crippen molar-refractivity contribution in [2.75, 3.05) is 5.32 Å². The molecule has 3 aromatic rings. The Kier molecular flexibility index (Phi) is 4.88. The molecule has 0 unspecified atom stereocenters. The maximum absolute atomic E-state index is 11.1. The molecule has 0 spiro atoms. The van der Waals surface area contributed by atoms with Crippen LogP contribution in [-0.4, -0.2) is 10.9 Å². The summed E-state index contributed by atoms with van der Waals surface area (Å²) in [5, 5.41) is 15.0. The van der Waals surface area contributed by atoms with E-state index in [0.29, 0.717) is 16.1 Å². The molecule has 0 atom stereocenters. The zero-order chi connectivity index (χ0) is 17.6. The third kappa shape index (κ3) is 3.91. The first-order chi connectivity index (χ1) is 12.2. The van der Waals surface area contributed by atoms with Crippen molar-refractivity contribution in [2.45, 2.75) is 0 Å². The standard InChI is InChI=1S/C19H14N4OS/c20-10-15(11-22-16-8-6-14(7-9-16)18(21)24)19-23-17(12-25-19)13-4-2-1-3-5-13/h1-9,11-12,22H,(H2,21,24). The van der Waals surface area contributed by atoms with Gasteiger partial charge >= 0.3 is 0 Å². The molecule has 0 saturated carbocycles. The summed E-state index contributed by atoms with van der Waals surface area (Å²) in [7, 11) is 0. The highest BCUT2D eigenvalue weighted by Gasteiger charge is 2.08. The maximum Gasteiger partial charge on any atom is 0.248 e. The van der Waals surface area contributed by atoms with E-state index in [1.54, 1.807) is 30.5 Å². The smallest absolute Gasteiger partial charge is 0.248 e. The fraction of sp³-hybridized carbons (Fsp3) is 0. The molecule has 0 saturated heterocycles. The lowest BCUT2D eigenvalue weighted by Crippen LogP contribution is -2.10. The van der Waals surface area contributed by atoms with E-state index in [2.05, 4.69) is 16.4 Å². The topological polar surface area (TPSA) is 91.8 Å². The molecule has 2 aromatic carbocycles. The van der Waals surface area contributed by atoms with Gasteiger partial charge in [0.1, 0.15) is 16.6 Å². The van der Waals surface area contributed by atoms with Gasteiger partial charge in [-0.3, -0.25) is 4.79 Å². The van der Waals surface area contributed by atoms with Crippen molar-refractivity contribution >= 4 is 28.5 Å². The van der Waals surface area contributed by atoms with E-state index in [1.807, 2.05) is 35.7 Å². The first-order valence-electron chi connectivity index (χ1n) is 7.45. The molecular formula is C19H14N4OS. The summed E-state index contributed by atoms with van der Waals surface area (Å²) in [6.07, 6.45) is 1.60. The number of benzene rings is 2. The highest BCUT2D eigenvalue weighted by atomic mass is 32.1. The molecule has 0 aliphatic carbocycles. The third-order valence-electron chi connectivity index (χ3n) is 3.48. The first-order valence-corrected chi connectivity index (χ1v) is 8.33. The molecule has 0 fully saturated rings. The van der Waals surface area contributed by atoms with E-state index in [0.717, 1.165) is 16.9 Å². The van der Waals surface area contributed by atoms with Crippen LogP contribution < -0.4 is 11.1 Å². The monoisotopic (exact) mass is 346 g/mol. The van der Waals surface area contributed by atoms with Gasteiger partial charge in [0, 0.05) is 28.4 Å². The Bertz CT molecular complexity index is 953. The maximum atomic E-state index is 11.1. The van der Waals surface area contributed by atoms with E-state index in [4.69, 9.17) is 5.73 Å². The van der Waals surface area contributed by atoms with Crippen molar-refractivity contribution in [2.24, 2.45) is 5.73 Å². The number of hydrogen-bond acceptors (Lipinski definition) is 5. The van der Waals surface area contributed by atoms with Crippen LogP contribution in [0, 0.1) is 11.3 Å². The molecular weight excluding hydrogens is 332 g/mol. The number of hydrogen-bond donors (Lipinski definition) is 2. The number of aromatic nitrogens is 1. The van der Waals surface area contributed by atoms with Gasteiger partial charge in [-0.2, -0.15) is 5.26 Å². The number of rotatable bonds is 5. The van der Waals surface area contributed by atoms with Gasteiger partial charge < -0.3 is 11.1 Å². The number of anilines is 1. The molecule has 3 rings (SSSR count). The molecule has 0 radical (unpaired) electrons. The molecule has 5 nitrogen and oxygen atoms in total. The number of nitrogens with one attached hydrogen (secondary N) is 1. The lowest BCUT2D eigenvalue weighted by atomic mass is 10.2. The SMILES string of the molecule is N#CC(=CNc1ccc(C(N)=O)cc1)c1nc(-c2ccccc2)cs1. The fourth-order valence-electron chi connectivity index (χ4n) is 2.17. The summed E-state index contributed by atoms with van der Waals surface area (Å²) in [5.74, 6) is -0.476. The molecule has 1 heterocycles. The van der Waals surface area contributed by atoms with Gasteiger partial charge in [0.2, 0.25) is 5.91 Å². The van der Waals surface area contributed by atoms with E-state index in [1.165, 1.54) is 11.3 Å². The summed E-state index contributed by atoms with van der Waals surface area (Å²) < 4.78 is 0. The van der Waals surface area contributed by atoms with Crippen LogP contribution in [0.15, 0.2) is 66.2 Å². The number of nitrogens with two attached hydrogens (primary N) is 1. The lowest BCUT2D eigenvalue weighted by Gasteiger charge is -2.02. The number of nitrogens with zero attached hydrogens (tertiary/aromatic N) is 2. The van der Waals surface area contributed by atoms with Gasteiger partial charge in [0.25, 0.3) is 0 Å². The largest absolute Gasteiger partial charge is 0.366 e. The summed E-state index contributed by atoms with van der Waals surface area (Å²) in [5.41, 5.74) is 8.68. The van der Waals surface area contributed by atoms with E-state index in [-0.39, 0.29) is 0 Å². The average Bonchev–Trinajstić information content (AvgIpc) is 3.13. The fourth-order valence-corrected chi connectivity index (χ4v) is 2.96. The second-order valence-electron chi connectivity index (χ2n) is 5.16. The number of carbonyl (C=O) groups is 1. The number of carbonyl (C=O) groups excluding carboxylic acids is 1. The Hall–Kier alpha value is -3.43. The first kappa shape index (κ1) is 16.4. The van der Waals surface area contributed by atoms with E-state index >= 15 is 0 Å². The Morgan fingerprint density at radius 2 is 1.88 bits per heavy atom. The van der Waals surface area contributed by atoms with Crippen LogP contribution in [0.1, 0.15) is 15.4 Å². The van der Waals surface area contributed by atoms with Crippen molar-refractivity contribution < 1.29 is 4.79 Å². The van der Waals surface area contributed by atoms with Gasteiger partial charge in [-0.05, 0) is 24.3 Å². The zero-order valence-corrected chi connectivity index (χ0v) is 14.0. The van der Waals surface area contributed by atoms with Crippen LogP contribution in [0.3, 0.4) is 0 Å². The molecule has 1 aromatic heterocycles. The Morgan fingerprint density at radius 3 is 2.52 bits per heavy atom. The van der Waals surface area contributed by atoms with Gasteiger partial charge in [-0.1, -0.05) is 30.3 Å². The van der Waals surface area contributed by atoms with Crippen LogP contribution in [-0.2, 0) is 0 Å². The number of thiazole rings is 1. The lowest BCUT2D eigenvalue weighted by molar-refractivity contribution is 0.100. The Labute approximate surface area is 149 Å². The van der Waals surface area contributed by atoms with Gasteiger partial charge in [0.05, 0.1) is 5.69 Å². The molecule has 0 bridgehead atoms. The minimum absolute atomic E-state index is 0.433. The second-order valence-corrected chi connectivity index (χ2v) is 6.02. The van der Waals surface area contributed by atoms with Crippen molar-refractivity contribution in [3.63, 3.8) is 0 Å². The number of primary amides is 1. The molecule has 3 N–H and O–H groups in total. The summed E-state index contributed by atoms with van der Waals surface area (Å²) in [4.78, 5) is 15.6. The van der Waals surface area contributed by atoms with Crippen molar-refractivity contribution in [1.82, 2.24) is 4.98 Å². The average molecular weight is 346 g/mol. The molecule has 25 heavy (non-hydrogen) atoms. The third-order valence-corrected chi connectivity index (χ3v) is 4.35. The van der Waals surface area contributed by atoms with E-state index < -0.39 is 5.91 Å². The molecule has 0 aliphatic rings. The van der Waals surface area contributed by atoms with Gasteiger partial charge in [-0.15, -0.1) is 11.3 Å². The highest BCUT2D eigenvalue weighted by molar-refractivity contribution is 7.11. The molecule has 0 aliphatic heterocycles. The predicted molar refractivity (Wildman–Crippen MR) is 99.7 cm³/mol. The van der Waals surface area contributed by atoms with Crippen LogP contribution in [0.2, 0.25) is 0 Å². The van der Waals surface area contributed by atoms with Crippen LogP contribution >= 0.6 is 11.3 Å². The zero-order valence-electron chi connectivity index (χ0n) is 13.1. The molecule has 6 heteroatoms. The normalized spacial score (nSPS) is 10.9. The predicted octanol–water partition coefficient (Wildman–Crippen LogP) is 3.89. The van der Waals surface area contributed by atoms with Crippen molar-refractivity contribution in [3.05, 3.63) is 76.7 Å².